The second-order valence-electron chi connectivity index (χ2n) is 8.88. The summed E-state index contributed by atoms with van der Waals surface area (Å²) in [5.41, 5.74) is 0.880. The van der Waals surface area contributed by atoms with Gasteiger partial charge in [-0.2, -0.15) is 13.2 Å². The molecule has 3 heterocycles. The molecule has 1 saturated carbocycles. The lowest BCUT2D eigenvalue weighted by Crippen LogP contribution is -2.43. The van der Waals surface area contributed by atoms with Gasteiger partial charge in [0, 0.05) is 36.3 Å². The van der Waals surface area contributed by atoms with E-state index in [2.05, 4.69) is 10.3 Å². The number of hydrogen-bond donors (Lipinski definition) is 1. The van der Waals surface area contributed by atoms with Crippen molar-refractivity contribution in [2.75, 3.05) is 11.9 Å². The molecule has 1 aliphatic rings. The van der Waals surface area contributed by atoms with Crippen LogP contribution in [-0.2, 0) is 6.18 Å². The molecule has 0 atom stereocenters. The number of para-hydroxylation sites is 1. The van der Waals surface area contributed by atoms with E-state index in [0.717, 1.165) is 42.8 Å². The number of nitrogens with one attached hydrogen (secondary N) is 1. The quantitative estimate of drug-likeness (QED) is 0.423. The second kappa shape index (κ2) is 8.38. The highest BCUT2D eigenvalue weighted by Gasteiger charge is 2.34. The molecule has 0 bridgehead atoms. The highest BCUT2D eigenvalue weighted by molar-refractivity contribution is 5.99. The Kier molecular flexibility index (Phi) is 5.50. The number of aromatic nitrogens is 2. The van der Waals surface area contributed by atoms with Crippen LogP contribution < -0.4 is 10.2 Å². The minimum absolute atomic E-state index is 0.0191. The van der Waals surface area contributed by atoms with Crippen molar-refractivity contribution in [3.8, 4) is 0 Å². The lowest BCUT2D eigenvalue weighted by atomic mass is 9.90. The smallest absolute Gasteiger partial charge is 0.434 e. The number of amides is 1. The number of benzene rings is 1. The first-order valence-electron chi connectivity index (χ1n) is 11.3. The SMILES string of the molecule is Cc1c(C(=O)N[C@H]2CC[C@@H](N(C)c3cccc4nc(C(F)(F)F)cn34)CC2)oc2ccccc12. The third-order valence-electron chi connectivity index (χ3n) is 6.75. The Hall–Kier alpha value is -3.49. The lowest BCUT2D eigenvalue weighted by Gasteiger charge is -2.36. The summed E-state index contributed by atoms with van der Waals surface area (Å²) in [5, 5.41) is 4.03. The van der Waals surface area contributed by atoms with Crippen molar-refractivity contribution in [3.05, 3.63) is 65.7 Å². The Morgan fingerprint density at radius 3 is 2.56 bits per heavy atom. The van der Waals surface area contributed by atoms with E-state index in [4.69, 9.17) is 4.42 Å². The predicted octanol–water partition coefficient (Wildman–Crippen LogP) is 5.59. The number of imidazole rings is 1. The standard InChI is InChI=1S/C25H25F3N4O2/c1-15-18-6-3-4-7-19(18)34-23(15)24(33)29-16-10-12-17(13-11-16)31(2)22-9-5-8-21-30-20(14-32(21)22)25(26,27)28/h3-9,14,16-17H,10-13H2,1-2H3,(H,29,33)/t16-,17+. The number of carbonyl (C=O) groups is 1. The van der Waals surface area contributed by atoms with E-state index < -0.39 is 11.9 Å². The Morgan fingerprint density at radius 2 is 1.85 bits per heavy atom. The van der Waals surface area contributed by atoms with Crippen molar-refractivity contribution in [2.45, 2.75) is 50.9 Å². The van der Waals surface area contributed by atoms with E-state index in [1.807, 2.05) is 43.1 Å². The third kappa shape index (κ3) is 3.99. The number of carbonyl (C=O) groups excluding carboxylic acids is 1. The fourth-order valence-electron chi connectivity index (χ4n) is 4.86. The number of pyridine rings is 1. The molecular formula is C25H25F3N4O2. The number of alkyl halides is 3. The van der Waals surface area contributed by atoms with E-state index in [9.17, 15) is 18.0 Å². The monoisotopic (exact) mass is 470 g/mol. The molecule has 1 aliphatic carbocycles. The summed E-state index contributed by atoms with van der Waals surface area (Å²) < 4.78 is 46.7. The van der Waals surface area contributed by atoms with Gasteiger partial charge >= 0.3 is 6.18 Å². The largest absolute Gasteiger partial charge is 0.451 e. The van der Waals surface area contributed by atoms with Crippen molar-refractivity contribution in [1.82, 2.24) is 14.7 Å². The van der Waals surface area contributed by atoms with Gasteiger partial charge in [0.2, 0.25) is 0 Å². The zero-order chi connectivity index (χ0) is 24.0. The van der Waals surface area contributed by atoms with Crippen LogP contribution in [0.4, 0.5) is 19.0 Å². The summed E-state index contributed by atoms with van der Waals surface area (Å²) in [5.74, 6) is 0.784. The van der Waals surface area contributed by atoms with Crippen LogP contribution in [0.25, 0.3) is 16.6 Å². The van der Waals surface area contributed by atoms with Crippen molar-refractivity contribution in [2.24, 2.45) is 0 Å². The van der Waals surface area contributed by atoms with E-state index in [1.54, 1.807) is 18.2 Å². The molecule has 34 heavy (non-hydrogen) atoms. The number of hydrogen-bond acceptors (Lipinski definition) is 4. The molecule has 0 spiro atoms. The zero-order valence-corrected chi connectivity index (χ0v) is 18.9. The van der Waals surface area contributed by atoms with Crippen LogP contribution in [0.15, 0.2) is 53.1 Å². The molecule has 0 aliphatic heterocycles. The Bertz CT molecular complexity index is 1350. The summed E-state index contributed by atoms with van der Waals surface area (Å²) in [7, 11) is 1.89. The molecule has 9 heteroatoms. The average Bonchev–Trinajstić information content (AvgIpc) is 3.41. The number of nitrogens with zero attached hydrogens (tertiary/aromatic N) is 3. The minimum Gasteiger partial charge on any atom is -0.451 e. The molecule has 1 aromatic carbocycles. The van der Waals surface area contributed by atoms with Crippen LogP contribution in [0.5, 0.6) is 0 Å². The van der Waals surface area contributed by atoms with Crippen LogP contribution >= 0.6 is 0 Å². The summed E-state index contributed by atoms with van der Waals surface area (Å²) in [6, 6.07) is 12.8. The summed E-state index contributed by atoms with van der Waals surface area (Å²) >= 11 is 0. The van der Waals surface area contributed by atoms with E-state index in [0.29, 0.717) is 17.2 Å². The molecule has 178 valence electrons. The first kappa shape index (κ1) is 22.3. The summed E-state index contributed by atoms with van der Waals surface area (Å²) in [6.45, 7) is 1.88. The third-order valence-corrected chi connectivity index (χ3v) is 6.75. The molecule has 0 radical (unpaired) electrons. The molecule has 3 aromatic heterocycles. The van der Waals surface area contributed by atoms with Gasteiger partial charge in [0.05, 0.1) is 0 Å². The predicted molar refractivity (Wildman–Crippen MR) is 123 cm³/mol. The Balaban J connectivity index is 1.26. The van der Waals surface area contributed by atoms with Crippen molar-refractivity contribution in [3.63, 3.8) is 0 Å². The van der Waals surface area contributed by atoms with Gasteiger partial charge in [0.25, 0.3) is 5.91 Å². The van der Waals surface area contributed by atoms with Crippen LogP contribution in [-0.4, -0.2) is 34.4 Å². The minimum atomic E-state index is -4.49. The molecule has 1 fully saturated rings. The van der Waals surface area contributed by atoms with Crippen LogP contribution in [0, 0.1) is 6.92 Å². The van der Waals surface area contributed by atoms with Crippen LogP contribution in [0.2, 0.25) is 0 Å². The first-order chi connectivity index (χ1) is 16.2. The Morgan fingerprint density at radius 1 is 1.12 bits per heavy atom. The Labute approximate surface area is 194 Å². The lowest BCUT2D eigenvalue weighted by molar-refractivity contribution is -0.140. The van der Waals surface area contributed by atoms with E-state index in [1.165, 1.54) is 4.40 Å². The molecule has 6 nitrogen and oxygen atoms in total. The number of furan rings is 1. The number of halogens is 3. The molecule has 4 aromatic rings. The molecule has 0 saturated heterocycles. The van der Waals surface area contributed by atoms with Gasteiger partial charge in [-0.25, -0.2) is 4.98 Å². The number of anilines is 1. The van der Waals surface area contributed by atoms with Gasteiger partial charge < -0.3 is 14.6 Å². The van der Waals surface area contributed by atoms with Crippen molar-refractivity contribution < 1.29 is 22.4 Å². The van der Waals surface area contributed by atoms with E-state index >= 15 is 0 Å². The maximum atomic E-state index is 13.1. The number of fused-ring (bicyclic) bond motifs is 2. The number of aryl methyl sites for hydroxylation is 1. The first-order valence-corrected chi connectivity index (χ1v) is 11.3. The topological polar surface area (TPSA) is 62.8 Å². The molecule has 1 amide bonds. The average molecular weight is 470 g/mol. The molecular weight excluding hydrogens is 445 g/mol. The summed E-state index contributed by atoms with van der Waals surface area (Å²) in [6.07, 6.45) is -0.296. The maximum absolute atomic E-state index is 13.1. The van der Waals surface area contributed by atoms with Crippen LogP contribution in [0.3, 0.4) is 0 Å². The van der Waals surface area contributed by atoms with Gasteiger partial charge in [-0.05, 0) is 50.8 Å². The van der Waals surface area contributed by atoms with Crippen molar-refractivity contribution >= 4 is 28.3 Å². The fraction of sp³-hybridized carbons (Fsp3) is 0.360. The highest BCUT2D eigenvalue weighted by Crippen LogP contribution is 2.32. The van der Waals surface area contributed by atoms with Crippen LogP contribution in [0.1, 0.15) is 47.5 Å². The number of rotatable bonds is 4. The van der Waals surface area contributed by atoms with Gasteiger partial charge in [0.15, 0.2) is 11.5 Å². The van der Waals surface area contributed by atoms with E-state index in [-0.39, 0.29) is 23.6 Å². The highest BCUT2D eigenvalue weighted by atomic mass is 19.4. The van der Waals surface area contributed by atoms with Crippen molar-refractivity contribution in [1.29, 1.82) is 0 Å². The van der Waals surface area contributed by atoms with Gasteiger partial charge in [-0.1, -0.05) is 24.3 Å². The van der Waals surface area contributed by atoms with Gasteiger partial charge in [-0.3, -0.25) is 9.20 Å². The zero-order valence-electron chi connectivity index (χ0n) is 18.9. The fourth-order valence-corrected chi connectivity index (χ4v) is 4.86. The summed E-state index contributed by atoms with van der Waals surface area (Å²) in [4.78, 5) is 18.6. The molecule has 0 unspecified atom stereocenters. The molecule has 5 rings (SSSR count). The second-order valence-corrected chi connectivity index (χ2v) is 8.88. The van der Waals surface area contributed by atoms with Gasteiger partial charge in [0.1, 0.15) is 17.0 Å². The normalized spacial score (nSPS) is 19.0. The van der Waals surface area contributed by atoms with Gasteiger partial charge in [-0.15, -0.1) is 0 Å². The maximum Gasteiger partial charge on any atom is 0.434 e. The molecule has 1 N–H and O–H groups in total.